The fourth-order valence-electron chi connectivity index (χ4n) is 2.46. The van der Waals surface area contributed by atoms with Crippen molar-refractivity contribution in [2.24, 2.45) is 5.92 Å². The molecule has 0 bridgehead atoms. The summed E-state index contributed by atoms with van der Waals surface area (Å²) < 4.78 is 0. The number of amides is 2. The highest BCUT2D eigenvalue weighted by Gasteiger charge is 2.26. The quantitative estimate of drug-likeness (QED) is 0.840. The van der Waals surface area contributed by atoms with Gasteiger partial charge in [0.05, 0.1) is 6.04 Å². The van der Waals surface area contributed by atoms with Gasteiger partial charge in [-0.25, -0.2) is 0 Å². The van der Waals surface area contributed by atoms with Gasteiger partial charge in [-0.15, -0.1) is 11.3 Å². The number of carbonyl (C=O) groups is 2. The van der Waals surface area contributed by atoms with Gasteiger partial charge in [0.25, 0.3) is 5.91 Å². The predicted molar refractivity (Wildman–Crippen MR) is 98.1 cm³/mol. The van der Waals surface area contributed by atoms with Crippen molar-refractivity contribution in [1.82, 2.24) is 10.6 Å². The minimum Gasteiger partial charge on any atom is -0.347 e. The molecule has 2 N–H and O–H groups in total. The van der Waals surface area contributed by atoms with Crippen molar-refractivity contribution in [3.63, 3.8) is 0 Å². The van der Waals surface area contributed by atoms with Crippen LogP contribution in [0.3, 0.4) is 0 Å². The van der Waals surface area contributed by atoms with E-state index in [-0.39, 0.29) is 23.8 Å². The molecule has 2 unspecified atom stereocenters. The maximum Gasteiger partial charge on any atom is 0.251 e. The van der Waals surface area contributed by atoms with Gasteiger partial charge in [-0.1, -0.05) is 37.6 Å². The maximum atomic E-state index is 12.6. The molecule has 2 aromatic rings. The van der Waals surface area contributed by atoms with Crippen molar-refractivity contribution in [2.45, 2.75) is 39.8 Å². The Hall–Kier alpha value is -2.14. The van der Waals surface area contributed by atoms with Crippen molar-refractivity contribution >= 4 is 23.2 Å². The Labute approximate surface area is 147 Å². The zero-order valence-corrected chi connectivity index (χ0v) is 15.3. The number of hydrogen-bond acceptors (Lipinski definition) is 3. The standard InChI is InChI=1S/C19H24N2O2S/c1-12(2)17(19(23)20-14(4)16-9-6-10-24-16)21-18(22)15-8-5-7-13(3)11-15/h5-12,14,17H,1-4H3,(H,20,23)(H,21,22). The number of hydrogen-bond donors (Lipinski definition) is 2. The summed E-state index contributed by atoms with van der Waals surface area (Å²) in [5.41, 5.74) is 1.58. The summed E-state index contributed by atoms with van der Waals surface area (Å²) in [6.45, 7) is 7.74. The number of nitrogens with one attached hydrogen (secondary N) is 2. The molecule has 2 rings (SSSR count). The van der Waals surface area contributed by atoms with Gasteiger partial charge in [0.15, 0.2) is 0 Å². The summed E-state index contributed by atoms with van der Waals surface area (Å²) in [5, 5.41) is 7.84. The van der Waals surface area contributed by atoms with Crippen LogP contribution in [0.25, 0.3) is 0 Å². The van der Waals surface area contributed by atoms with E-state index >= 15 is 0 Å². The summed E-state index contributed by atoms with van der Waals surface area (Å²) in [5.74, 6) is -0.391. The molecule has 1 heterocycles. The van der Waals surface area contributed by atoms with Gasteiger partial charge >= 0.3 is 0 Å². The molecular formula is C19H24N2O2S. The molecule has 0 saturated carbocycles. The van der Waals surface area contributed by atoms with E-state index in [4.69, 9.17) is 0 Å². The number of thiophene rings is 1. The van der Waals surface area contributed by atoms with Crippen molar-refractivity contribution < 1.29 is 9.59 Å². The Morgan fingerprint density at radius 2 is 1.79 bits per heavy atom. The molecule has 128 valence electrons. The summed E-state index contributed by atoms with van der Waals surface area (Å²) in [6, 6.07) is 10.7. The van der Waals surface area contributed by atoms with E-state index < -0.39 is 6.04 Å². The topological polar surface area (TPSA) is 58.2 Å². The Bertz CT molecular complexity index is 695. The number of aryl methyl sites for hydroxylation is 1. The largest absolute Gasteiger partial charge is 0.347 e. The van der Waals surface area contributed by atoms with E-state index in [9.17, 15) is 9.59 Å². The summed E-state index contributed by atoms with van der Waals surface area (Å²) >= 11 is 1.60. The van der Waals surface area contributed by atoms with Gasteiger partial charge in [-0.3, -0.25) is 9.59 Å². The number of benzene rings is 1. The van der Waals surface area contributed by atoms with Crippen molar-refractivity contribution in [3.05, 3.63) is 57.8 Å². The Morgan fingerprint density at radius 3 is 2.38 bits per heavy atom. The van der Waals surface area contributed by atoms with E-state index in [1.54, 1.807) is 17.4 Å². The molecule has 0 radical (unpaired) electrons. The Balaban J connectivity index is 2.05. The van der Waals surface area contributed by atoms with Crippen LogP contribution in [0.4, 0.5) is 0 Å². The zero-order chi connectivity index (χ0) is 17.7. The molecule has 2 amide bonds. The fourth-order valence-corrected chi connectivity index (χ4v) is 3.19. The SMILES string of the molecule is Cc1cccc(C(=O)NC(C(=O)NC(C)c2cccs2)C(C)C)c1. The average Bonchev–Trinajstić information content (AvgIpc) is 3.06. The molecule has 1 aromatic heterocycles. The molecule has 5 heteroatoms. The van der Waals surface area contributed by atoms with E-state index in [2.05, 4.69) is 10.6 Å². The van der Waals surface area contributed by atoms with E-state index in [1.165, 1.54) is 0 Å². The Kier molecular flexibility index (Phi) is 6.15. The van der Waals surface area contributed by atoms with Gasteiger partial charge in [0.2, 0.25) is 5.91 Å². The van der Waals surface area contributed by atoms with E-state index in [1.807, 2.05) is 63.4 Å². The highest BCUT2D eigenvalue weighted by molar-refractivity contribution is 7.10. The molecular weight excluding hydrogens is 320 g/mol. The molecule has 1 aromatic carbocycles. The van der Waals surface area contributed by atoms with Crippen molar-refractivity contribution in [2.75, 3.05) is 0 Å². The first-order chi connectivity index (χ1) is 11.4. The summed E-state index contributed by atoms with van der Waals surface area (Å²) in [6.07, 6.45) is 0. The molecule has 24 heavy (non-hydrogen) atoms. The molecule has 0 aliphatic rings. The van der Waals surface area contributed by atoms with Crippen LogP contribution >= 0.6 is 11.3 Å². The van der Waals surface area contributed by atoms with Crippen LogP contribution in [-0.4, -0.2) is 17.9 Å². The molecule has 0 aliphatic heterocycles. The molecule has 2 atom stereocenters. The molecule has 0 fully saturated rings. The zero-order valence-electron chi connectivity index (χ0n) is 14.5. The third-order valence-electron chi connectivity index (χ3n) is 3.84. The van der Waals surface area contributed by atoms with Crippen LogP contribution < -0.4 is 10.6 Å². The summed E-state index contributed by atoms with van der Waals surface area (Å²) in [7, 11) is 0. The smallest absolute Gasteiger partial charge is 0.251 e. The molecule has 0 aliphatic carbocycles. The van der Waals surface area contributed by atoms with Crippen LogP contribution in [0.2, 0.25) is 0 Å². The second kappa shape index (κ2) is 8.11. The van der Waals surface area contributed by atoms with Gasteiger partial charge in [0.1, 0.15) is 6.04 Å². The lowest BCUT2D eigenvalue weighted by Gasteiger charge is -2.24. The van der Waals surface area contributed by atoms with Gasteiger partial charge in [-0.2, -0.15) is 0 Å². The summed E-state index contributed by atoms with van der Waals surface area (Å²) in [4.78, 5) is 26.1. The van der Waals surface area contributed by atoms with Crippen molar-refractivity contribution in [3.8, 4) is 0 Å². The fraction of sp³-hybridized carbons (Fsp3) is 0.368. The lowest BCUT2D eigenvalue weighted by Crippen LogP contribution is -2.50. The Morgan fingerprint density at radius 1 is 1.04 bits per heavy atom. The van der Waals surface area contributed by atoms with Crippen LogP contribution in [0.15, 0.2) is 41.8 Å². The van der Waals surface area contributed by atoms with Crippen LogP contribution in [-0.2, 0) is 4.79 Å². The van der Waals surface area contributed by atoms with Gasteiger partial charge < -0.3 is 10.6 Å². The van der Waals surface area contributed by atoms with Crippen molar-refractivity contribution in [1.29, 1.82) is 0 Å². The van der Waals surface area contributed by atoms with Crippen LogP contribution in [0.1, 0.15) is 47.6 Å². The first-order valence-corrected chi connectivity index (χ1v) is 8.97. The normalized spacial score (nSPS) is 13.4. The first kappa shape index (κ1) is 18.2. The molecule has 0 spiro atoms. The van der Waals surface area contributed by atoms with E-state index in [0.717, 1.165) is 10.4 Å². The molecule has 4 nitrogen and oxygen atoms in total. The van der Waals surface area contributed by atoms with Gasteiger partial charge in [-0.05, 0) is 43.3 Å². The minimum absolute atomic E-state index is 0.00528. The highest BCUT2D eigenvalue weighted by atomic mass is 32.1. The monoisotopic (exact) mass is 344 g/mol. The lowest BCUT2D eigenvalue weighted by atomic mass is 10.0. The number of carbonyl (C=O) groups excluding carboxylic acids is 2. The second-order valence-electron chi connectivity index (χ2n) is 6.31. The van der Waals surface area contributed by atoms with E-state index in [0.29, 0.717) is 5.56 Å². The highest BCUT2D eigenvalue weighted by Crippen LogP contribution is 2.18. The van der Waals surface area contributed by atoms with Gasteiger partial charge in [0, 0.05) is 10.4 Å². The van der Waals surface area contributed by atoms with Crippen LogP contribution in [0, 0.1) is 12.8 Å². The molecule has 0 saturated heterocycles. The third kappa shape index (κ3) is 4.68. The minimum atomic E-state index is -0.569. The lowest BCUT2D eigenvalue weighted by molar-refractivity contribution is -0.124. The third-order valence-corrected chi connectivity index (χ3v) is 4.90. The second-order valence-corrected chi connectivity index (χ2v) is 7.29. The predicted octanol–water partition coefficient (Wildman–Crippen LogP) is 3.69. The van der Waals surface area contributed by atoms with Crippen LogP contribution in [0.5, 0.6) is 0 Å². The first-order valence-electron chi connectivity index (χ1n) is 8.09. The number of rotatable bonds is 6. The maximum absolute atomic E-state index is 12.6. The average molecular weight is 344 g/mol.